The van der Waals surface area contributed by atoms with Crippen LogP contribution in [0.5, 0.6) is 0 Å². The molecule has 164 valence electrons. The Morgan fingerprint density at radius 1 is 1.03 bits per heavy atom. The second-order valence-electron chi connectivity index (χ2n) is 9.01. The summed E-state index contributed by atoms with van der Waals surface area (Å²) >= 11 is 0. The van der Waals surface area contributed by atoms with E-state index in [-0.39, 0.29) is 35.1 Å². The first-order valence-corrected chi connectivity index (χ1v) is 12.5. The third-order valence-electron chi connectivity index (χ3n) is 6.67. The summed E-state index contributed by atoms with van der Waals surface area (Å²) in [4.78, 5) is 27.1. The zero-order valence-corrected chi connectivity index (χ0v) is 18.4. The molecule has 2 saturated heterocycles. The van der Waals surface area contributed by atoms with Gasteiger partial charge in [-0.3, -0.25) is 9.59 Å². The molecule has 7 nitrogen and oxygen atoms in total. The molecule has 0 radical (unpaired) electrons. The van der Waals surface area contributed by atoms with Crippen molar-refractivity contribution in [2.75, 3.05) is 25.0 Å². The molecule has 8 heteroatoms. The average molecular weight is 434 g/mol. The minimum Gasteiger partial charge on any atom is -0.339 e. The molecule has 1 aromatic carbocycles. The molecule has 3 aliphatic rings. The zero-order valence-electron chi connectivity index (χ0n) is 17.5. The first-order valence-electron chi connectivity index (χ1n) is 11.0. The van der Waals surface area contributed by atoms with Crippen molar-refractivity contribution in [1.82, 2.24) is 9.21 Å². The number of likely N-dealkylation sites (tertiary alicyclic amines) is 1. The van der Waals surface area contributed by atoms with Crippen LogP contribution >= 0.6 is 0 Å². The van der Waals surface area contributed by atoms with E-state index in [1.54, 1.807) is 28.6 Å². The van der Waals surface area contributed by atoms with Crippen LogP contribution in [0.15, 0.2) is 29.2 Å². The van der Waals surface area contributed by atoms with E-state index >= 15 is 0 Å². The van der Waals surface area contributed by atoms with Crippen LogP contribution in [0.4, 0.5) is 5.69 Å². The van der Waals surface area contributed by atoms with Crippen molar-refractivity contribution in [3.05, 3.63) is 24.3 Å². The molecule has 1 N–H and O–H groups in total. The quantitative estimate of drug-likeness (QED) is 0.774. The minimum atomic E-state index is -3.51. The number of benzene rings is 1. The third-order valence-corrected chi connectivity index (χ3v) is 8.55. The largest absolute Gasteiger partial charge is 0.339 e. The summed E-state index contributed by atoms with van der Waals surface area (Å²) in [5.41, 5.74) is 0.553. The Balaban J connectivity index is 1.37. The number of rotatable bonds is 5. The number of hydrogen-bond acceptors (Lipinski definition) is 4. The van der Waals surface area contributed by atoms with Crippen molar-refractivity contribution >= 4 is 27.5 Å². The molecule has 0 spiro atoms. The molecule has 0 unspecified atom stereocenters. The topological polar surface area (TPSA) is 86.8 Å². The first-order chi connectivity index (χ1) is 14.3. The van der Waals surface area contributed by atoms with Crippen molar-refractivity contribution in [3.8, 4) is 0 Å². The molecule has 2 atom stereocenters. The maximum Gasteiger partial charge on any atom is 0.243 e. The van der Waals surface area contributed by atoms with Gasteiger partial charge in [0.05, 0.1) is 10.8 Å². The van der Waals surface area contributed by atoms with Gasteiger partial charge in [0.15, 0.2) is 0 Å². The number of hydrogen-bond donors (Lipinski definition) is 1. The lowest BCUT2D eigenvalue weighted by Crippen LogP contribution is -2.39. The summed E-state index contributed by atoms with van der Waals surface area (Å²) < 4.78 is 27.3. The monoisotopic (exact) mass is 433 g/mol. The van der Waals surface area contributed by atoms with Gasteiger partial charge in [-0.25, -0.2) is 8.42 Å². The summed E-state index contributed by atoms with van der Waals surface area (Å²) in [6.07, 6.45) is 6.55. The summed E-state index contributed by atoms with van der Waals surface area (Å²) in [6.45, 7) is 3.66. The fourth-order valence-corrected chi connectivity index (χ4v) is 6.54. The third kappa shape index (κ3) is 4.39. The van der Waals surface area contributed by atoms with E-state index in [0.717, 1.165) is 38.5 Å². The van der Waals surface area contributed by atoms with Crippen LogP contribution in [0, 0.1) is 11.8 Å². The van der Waals surface area contributed by atoms with Crippen molar-refractivity contribution in [2.24, 2.45) is 11.8 Å². The summed E-state index contributed by atoms with van der Waals surface area (Å²) in [5, 5.41) is 2.85. The summed E-state index contributed by atoms with van der Waals surface area (Å²) in [5.74, 6) is -0.0927. The molecule has 2 heterocycles. The molecular weight excluding hydrogens is 402 g/mol. The van der Waals surface area contributed by atoms with E-state index < -0.39 is 10.0 Å². The Bertz CT molecular complexity index is 893. The lowest BCUT2D eigenvalue weighted by Gasteiger charge is -2.30. The fourth-order valence-electron chi connectivity index (χ4n) is 4.94. The van der Waals surface area contributed by atoms with Gasteiger partial charge < -0.3 is 10.2 Å². The van der Waals surface area contributed by atoms with E-state index in [2.05, 4.69) is 12.2 Å². The fraction of sp³-hybridized carbons (Fsp3) is 0.636. The lowest BCUT2D eigenvalue weighted by molar-refractivity contribution is -0.129. The number of nitrogens with one attached hydrogen (secondary N) is 1. The van der Waals surface area contributed by atoms with E-state index in [1.807, 2.05) is 4.90 Å². The highest BCUT2D eigenvalue weighted by atomic mass is 32.2. The van der Waals surface area contributed by atoms with E-state index in [1.165, 1.54) is 0 Å². The van der Waals surface area contributed by atoms with Gasteiger partial charge in [-0.1, -0.05) is 19.8 Å². The second-order valence-corrected chi connectivity index (χ2v) is 10.9. The Kier molecular flexibility index (Phi) is 6.16. The Hall–Kier alpha value is -1.93. The maximum absolute atomic E-state index is 12.9. The highest BCUT2D eigenvalue weighted by Gasteiger charge is 2.38. The molecular formula is C22H31N3O4S. The van der Waals surface area contributed by atoms with Crippen LogP contribution in [0.2, 0.25) is 0 Å². The van der Waals surface area contributed by atoms with Gasteiger partial charge in [-0.05, 0) is 55.9 Å². The van der Waals surface area contributed by atoms with Gasteiger partial charge in [0.2, 0.25) is 21.8 Å². The Morgan fingerprint density at radius 2 is 1.73 bits per heavy atom. The Morgan fingerprint density at radius 3 is 2.40 bits per heavy atom. The van der Waals surface area contributed by atoms with Crippen LogP contribution in [0.1, 0.15) is 51.9 Å². The number of nitrogens with zero attached hydrogens (tertiary/aromatic N) is 2. The minimum absolute atomic E-state index is 0.0688. The van der Waals surface area contributed by atoms with Gasteiger partial charge in [0, 0.05) is 37.8 Å². The predicted molar refractivity (Wildman–Crippen MR) is 114 cm³/mol. The van der Waals surface area contributed by atoms with Gasteiger partial charge in [0.1, 0.15) is 0 Å². The van der Waals surface area contributed by atoms with Gasteiger partial charge >= 0.3 is 0 Å². The van der Waals surface area contributed by atoms with E-state index in [0.29, 0.717) is 31.2 Å². The highest BCUT2D eigenvalue weighted by Crippen LogP contribution is 2.30. The van der Waals surface area contributed by atoms with Crippen LogP contribution in [-0.4, -0.2) is 55.1 Å². The molecule has 30 heavy (non-hydrogen) atoms. The summed E-state index contributed by atoms with van der Waals surface area (Å²) in [7, 11) is -3.51. The van der Waals surface area contributed by atoms with Crippen molar-refractivity contribution in [1.29, 1.82) is 0 Å². The number of amides is 2. The number of anilines is 1. The Labute approximate surface area is 178 Å². The molecule has 0 aromatic heterocycles. The van der Waals surface area contributed by atoms with Crippen LogP contribution < -0.4 is 5.32 Å². The molecule has 3 fully saturated rings. The molecule has 2 amide bonds. The number of carbonyl (C=O) groups excluding carboxylic acids is 2. The number of piperidine rings is 1. The molecule has 4 rings (SSSR count). The molecule has 1 aliphatic carbocycles. The normalized spacial score (nSPS) is 26.3. The first kappa shape index (κ1) is 21.3. The van der Waals surface area contributed by atoms with Crippen molar-refractivity contribution < 1.29 is 18.0 Å². The number of carbonyl (C=O) groups is 2. The van der Waals surface area contributed by atoms with E-state index in [4.69, 9.17) is 0 Å². The second kappa shape index (κ2) is 8.67. The smallest absolute Gasteiger partial charge is 0.243 e. The zero-order chi connectivity index (χ0) is 21.3. The summed E-state index contributed by atoms with van der Waals surface area (Å²) in [6, 6.07) is 6.65. The predicted octanol–water partition coefficient (Wildman–Crippen LogP) is 2.84. The molecule has 1 aromatic rings. The van der Waals surface area contributed by atoms with Gasteiger partial charge in [0.25, 0.3) is 0 Å². The van der Waals surface area contributed by atoms with Crippen LogP contribution in [0.25, 0.3) is 0 Å². The van der Waals surface area contributed by atoms with Crippen LogP contribution in [0.3, 0.4) is 0 Å². The molecule has 2 aliphatic heterocycles. The van der Waals surface area contributed by atoms with Crippen molar-refractivity contribution in [2.45, 2.75) is 62.8 Å². The van der Waals surface area contributed by atoms with Gasteiger partial charge in [-0.2, -0.15) is 4.31 Å². The lowest BCUT2D eigenvalue weighted by atomic mass is 10.0. The van der Waals surface area contributed by atoms with Crippen molar-refractivity contribution in [3.63, 3.8) is 0 Å². The average Bonchev–Trinajstić information content (AvgIpc) is 3.38. The molecule has 1 saturated carbocycles. The van der Waals surface area contributed by atoms with E-state index in [9.17, 15) is 18.0 Å². The number of sulfonamides is 1. The maximum atomic E-state index is 12.9. The van der Waals surface area contributed by atoms with Gasteiger partial charge in [-0.15, -0.1) is 0 Å². The standard InChI is InChI=1S/C22H31N3O4S/c1-16-5-4-12-24(14-16)30(28,29)20-10-8-18(9-11-20)23-22(27)17-13-21(26)25(15-17)19-6-2-3-7-19/h8-11,16-17,19H,2-7,12-15H2,1H3,(H,23,27)/t16-,17+/m1/s1. The highest BCUT2D eigenvalue weighted by molar-refractivity contribution is 7.89. The molecule has 0 bridgehead atoms. The van der Waals surface area contributed by atoms with Crippen LogP contribution in [-0.2, 0) is 19.6 Å². The SMILES string of the molecule is C[C@@H]1CCCN(S(=O)(=O)c2ccc(NC(=O)[C@H]3CC(=O)N(C4CCCC4)C3)cc2)C1.